The van der Waals surface area contributed by atoms with E-state index in [1.807, 2.05) is 24.8 Å². The van der Waals surface area contributed by atoms with Gasteiger partial charge in [0.25, 0.3) is 0 Å². The van der Waals surface area contributed by atoms with Gasteiger partial charge in [-0.05, 0) is 13.8 Å². The predicted molar refractivity (Wildman–Crippen MR) is 64.3 cm³/mol. The van der Waals surface area contributed by atoms with Crippen molar-refractivity contribution in [2.45, 2.75) is 32.4 Å². The van der Waals surface area contributed by atoms with Crippen molar-refractivity contribution in [1.82, 2.24) is 10.2 Å². The molecule has 92 valence electrons. The summed E-state index contributed by atoms with van der Waals surface area (Å²) in [5.74, 6) is 0.208. The van der Waals surface area contributed by atoms with Crippen LogP contribution in [-0.2, 0) is 9.53 Å². The van der Waals surface area contributed by atoms with E-state index in [0.717, 1.165) is 13.1 Å². The SMILES string of the molecule is C=CC(C)NC(C)CC(=O)N1CCOCC1. The van der Waals surface area contributed by atoms with Crippen molar-refractivity contribution < 1.29 is 9.53 Å². The van der Waals surface area contributed by atoms with Crippen LogP contribution in [0.1, 0.15) is 20.3 Å². The van der Waals surface area contributed by atoms with Gasteiger partial charge in [-0.3, -0.25) is 4.79 Å². The summed E-state index contributed by atoms with van der Waals surface area (Å²) in [6.07, 6.45) is 2.38. The third-order valence-corrected chi connectivity index (χ3v) is 2.75. The maximum absolute atomic E-state index is 11.9. The second-order valence-corrected chi connectivity index (χ2v) is 4.29. The van der Waals surface area contributed by atoms with Gasteiger partial charge in [0.05, 0.1) is 13.2 Å². The molecule has 0 saturated carbocycles. The molecule has 1 fully saturated rings. The van der Waals surface area contributed by atoms with Crippen LogP contribution in [0.5, 0.6) is 0 Å². The van der Waals surface area contributed by atoms with E-state index in [2.05, 4.69) is 11.9 Å². The van der Waals surface area contributed by atoms with Gasteiger partial charge >= 0.3 is 0 Å². The zero-order chi connectivity index (χ0) is 12.0. The zero-order valence-electron chi connectivity index (χ0n) is 10.2. The Morgan fingerprint density at radius 1 is 1.50 bits per heavy atom. The largest absolute Gasteiger partial charge is 0.378 e. The first kappa shape index (κ1) is 13.2. The summed E-state index contributed by atoms with van der Waals surface area (Å²) >= 11 is 0. The number of nitrogens with zero attached hydrogens (tertiary/aromatic N) is 1. The van der Waals surface area contributed by atoms with Crippen molar-refractivity contribution in [2.75, 3.05) is 26.3 Å². The van der Waals surface area contributed by atoms with Crippen LogP contribution in [0.25, 0.3) is 0 Å². The lowest BCUT2D eigenvalue weighted by Crippen LogP contribution is -2.44. The minimum Gasteiger partial charge on any atom is -0.378 e. The van der Waals surface area contributed by atoms with Crippen LogP contribution >= 0.6 is 0 Å². The number of ether oxygens (including phenoxy) is 1. The fraction of sp³-hybridized carbons (Fsp3) is 0.750. The standard InChI is InChI=1S/C12H22N2O2/c1-4-10(2)13-11(3)9-12(15)14-5-7-16-8-6-14/h4,10-11,13H,1,5-9H2,2-3H3. The van der Waals surface area contributed by atoms with Gasteiger partial charge in [0.2, 0.25) is 5.91 Å². The molecule has 1 heterocycles. The highest BCUT2D eigenvalue weighted by molar-refractivity contribution is 5.76. The van der Waals surface area contributed by atoms with Gasteiger partial charge in [-0.1, -0.05) is 6.08 Å². The Hall–Kier alpha value is -0.870. The summed E-state index contributed by atoms with van der Waals surface area (Å²) in [5.41, 5.74) is 0. The first-order valence-corrected chi connectivity index (χ1v) is 5.87. The molecular formula is C12H22N2O2. The van der Waals surface area contributed by atoms with Crippen molar-refractivity contribution in [3.05, 3.63) is 12.7 Å². The summed E-state index contributed by atoms with van der Waals surface area (Å²) in [7, 11) is 0. The number of morpholine rings is 1. The van der Waals surface area contributed by atoms with Crippen molar-refractivity contribution in [3.8, 4) is 0 Å². The molecule has 0 aromatic heterocycles. The number of carbonyl (C=O) groups is 1. The van der Waals surface area contributed by atoms with E-state index in [-0.39, 0.29) is 18.0 Å². The maximum Gasteiger partial charge on any atom is 0.224 e. The second kappa shape index (κ2) is 6.66. The molecule has 1 rings (SSSR count). The Morgan fingerprint density at radius 3 is 2.69 bits per heavy atom. The smallest absolute Gasteiger partial charge is 0.224 e. The summed E-state index contributed by atoms with van der Waals surface area (Å²) in [6, 6.07) is 0.427. The first-order valence-electron chi connectivity index (χ1n) is 5.87. The molecule has 0 aliphatic carbocycles. The molecule has 0 aromatic carbocycles. The third-order valence-electron chi connectivity index (χ3n) is 2.75. The average Bonchev–Trinajstić information content (AvgIpc) is 2.29. The fourth-order valence-electron chi connectivity index (χ4n) is 1.78. The minimum absolute atomic E-state index is 0.184. The van der Waals surface area contributed by atoms with E-state index >= 15 is 0 Å². The Bertz CT molecular complexity index is 237. The molecule has 4 nitrogen and oxygen atoms in total. The van der Waals surface area contributed by atoms with Crippen molar-refractivity contribution in [3.63, 3.8) is 0 Å². The molecular weight excluding hydrogens is 204 g/mol. The molecule has 0 aromatic rings. The van der Waals surface area contributed by atoms with Crippen LogP contribution in [0.3, 0.4) is 0 Å². The van der Waals surface area contributed by atoms with E-state index in [1.165, 1.54) is 0 Å². The molecule has 1 amide bonds. The molecule has 1 N–H and O–H groups in total. The number of hydrogen-bond acceptors (Lipinski definition) is 3. The molecule has 1 saturated heterocycles. The predicted octanol–water partition coefficient (Wildman–Crippen LogP) is 0.788. The number of hydrogen-bond donors (Lipinski definition) is 1. The van der Waals surface area contributed by atoms with Gasteiger partial charge in [-0.25, -0.2) is 0 Å². The topological polar surface area (TPSA) is 41.6 Å². The quantitative estimate of drug-likeness (QED) is 0.705. The van der Waals surface area contributed by atoms with Crippen molar-refractivity contribution in [2.24, 2.45) is 0 Å². The van der Waals surface area contributed by atoms with Gasteiger partial charge in [0.1, 0.15) is 0 Å². The van der Waals surface area contributed by atoms with E-state index in [0.29, 0.717) is 19.6 Å². The normalized spacial score (nSPS) is 20.2. The lowest BCUT2D eigenvalue weighted by Gasteiger charge is -2.28. The van der Waals surface area contributed by atoms with Crippen LogP contribution in [0.4, 0.5) is 0 Å². The molecule has 0 spiro atoms. The van der Waals surface area contributed by atoms with Crippen LogP contribution < -0.4 is 5.32 Å². The Labute approximate surface area is 97.6 Å². The summed E-state index contributed by atoms with van der Waals surface area (Å²) in [4.78, 5) is 13.8. The fourth-order valence-corrected chi connectivity index (χ4v) is 1.78. The lowest BCUT2D eigenvalue weighted by molar-refractivity contribution is -0.135. The number of nitrogens with one attached hydrogen (secondary N) is 1. The summed E-state index contributed by atoms with van der Waals surface area (Å²) < 4.78 is 5.21. The highest BCUT2D eigenvalue weighted by Gasteiger charge is 2.19. The van der Waals surface area contributed by atoms with Crippen molar-refractivity contribution >= 4 is 5.91 Å². The molecule has 1 aliphatic rings. The number of rotatable bonds is 5. The molecule has 16 heavy (non-hydrogen) atoms. The maximum atomic E-state index is 11.9. The van der Waals surface area contributed by atoms with E-state index in [4.69, 9.17) is 4.74 Å². The van der Waals surface area contributed by atoms with Crippen LogP contribution in [0.15, 0.2) is 12.7 Å². The minimum atomic E-state index is 0.184. The Morgan fingerprint density at radius 2 is 2.12 bits per heavy atom. The molecule has 2 atom stereocenters. The number of amides is 1. The Kier molecular flexibility index (Phi) is 5.49. The monoisotopic (exact) mass is 226 g/mol. The van der Waals surface area contributed by atoms with Crippen LogP contribution in [0.2, 0.25) is 0 Å². The van der Waals surface area contributed by atoms with Gasteiger partial charge < -0.3 is 15.0 Å². The molecule has 0 bridgehead atoms. The molecule has 0 radical (unpaired) electrons. The van der Waals surface area contributed by atoms with E-state index < -0.39 is 0 Å². The van der Waals surface area contributed by atoms with Gasteiger partial charge in [0, 0.05) is 31.6 Å². The molecule has 2 unspecified atom stereocenters. The van der Waals surface area contributed by atoms with Gasteiger partial charge in [-0.2, -0.15) is 0 Å². The van der Waals surface area contributed by atoms with Gasteiger partial charge in [-0.15, -0.1) is 6.58 Å². The lowest BCUT2D eigenvalue weighted by atomic mass is 10.2. The van der Waals surface area contributed by atoms with Crippen LogP contribution in [-0.4, -0.2) is 49.2 Å². The highest BCUT2D eigenvalue weighted by Crippen LogP contribution is 2.03. The van der Waals surface area contributed by atoms with Gasteiger partial charge in [0.15, 0.2) is 0 Å². The zero-order valence-corrected chi connectivity index (χ0v) is 10.2. The number of carbonyl (C=O) groups excluding carboxylic acids is 1. The molecule has 1 aliphatic heterocycles. The van der Waals surface area contributed by atoms with E-state index in [1.54, 1.807) is 0 Å². The summed E-state index contributed by atoms with van der Waals surface area (Å²) in [6.45, 7) is 10.5. The highest BCUT2D eigenvalue weighted by atomic mass is 16.5. The van der Waals surface area contributed by atoms with Crippen molar-refractivity contribution in [1.29, 1.82) is 0 Å². The van der Waals surface area contributed by atoms with E-state index in [9.17, 15) is 4.79 Å². The Balaban J connectivity index is 2.29. The second-order valence-electron chi connectivity index (χ2n) is 4.29. The summed E-state index contributed by atoms with van der Waals surface area (Å²) in [5, 5.41) is 3.30. The first-order chi connectivity index (χ1) is 7.63. The van der Waals surface area contributed by atoms with Crippen LogP contribution in [0, 0.1) is 0 Å². The molecule has 4 heteroatoms. The third kappa shape index (κ3) is 4.33. The average molecular weight is 226 g/mol.